The molecule has 0 aliphatic carbocycles. The molecule has 0 aliphatic heterocycles. The van der Waals surface area contributed by atoms with Crippen LogP contribution in [0.4, 0.5) is 13.2 Å². The van der Waals surface area contributed by atoms with Crippen molar-refractivity contribution in [2.24, 2.45) is 0 Å². The predicted octanol–water partition coefficient (Wildman–Crippen LogP) is 6.63. The van der Waals surface area contributed by atoms with Crippen LogP contribution in [0.1, 0.15) is 45.7 Å². The van der Waals surface area contributed by atoms with E-state index in [1.54, 1.807) is 6.92 Å². The third kappa shape index (κ3) is 5.96. The highest BCUT2D eigenvalue weighted by Crippen LogP contribution is 2.35. The Labute approximate surface area is 117 Å². The van der Waals surface area contributed by atoms with Gasteiger partial charge in [-0.3, -0.25) is 0 Å². The second-order valence-electron chi connectivity index (χ2n) is 2.77. The Hall–Kier alpha value is -0.410. The summed E-state index contributed by atoms with van der Waals surface area (Å²) in [4.78, 5) is 0. The fourth-order valence-corrected chi connectivity index (χ4v) is 1.86. The molecule has 0 aromatic heterocycles. The fourth-order valence-electron chi connectivity index (χ4n) is 1.10. The van der Waals surface area contributed by atoms with Crippen LogP contribution < -0.4 is 0 Å². The van der Waals surface area contributed by atoms with Gasteiger partial charge in [-0.15, -0.1) is 0 Å². The Morgan fingerprint density at radius 3 is 1.50 bits per heavy atom. The minimum absolute atomic E-state index is 0.0623. The summed E-state index contributed by atoms with van der Waals surface area (Å²) in [6.45, 7) is 9.78. The van der Waals surface area contributed by atoms with E-state index in [2.05, 4.69) is 0 Å². The van der Waals surface area contributed by atoms with E-state index in [0.717, 1.165) is 12.1 Å². The van der Waals surface area contributed by atoms with Gasteiger partial charge in [0.1, 0.15) is 0 Å². The summed E-state index contributed by atoms with van der Waals surface area (Å²) in [5.74, 6) is 0. The number of hydrogen-bond acceptors (Lipinski definition) is 0. The second-order valence-corrected chi connectivity index (χ2v) is 3.58. The van der Waals surface area contributed by atoms with Crippen molar-refractivity contribution >= 4 is 23.2 Å². The first kappa shape index (κ1) is 19.9. The van der Waals surface area contributed by atoms with Gasteiger partial charge < -0.3 is 0 Å². The van der Waals surface area contributed by atoms with E-state index in [9.17, 15) is 13.2 Å². The van der Waals surface area contributed by atoms with E-state index >= 15 is 0 Å². The zero-order valence-electron chi connectivity index (χ0n) is 11.3. The van der Waals surface area contributed by atoms with Crippen LogP contribution in [0.2, 0.25) is 10.0 Å². The van der Waals surface area contributed by atoms with Gasteiger partial charge in [0.2, 0.25) is 0 Å². The SMILES string of the molecule is CC.CC.CCc1c(Cl)cc(C(F)(F)F)cc1Cl. The lowest BCUT2D eigenvalue weighted by Gasteiger charge is -2.10. The first-order chi connectivity index (χ1) is 8.36. The Morgan fingerprint density at radius 1 is 0.944 bits per heavy atom. The molecule has 1 aromatic carbocycles. The standard InChI is InChI=1S/C9H7Cl2F3.2C2H6/c1-2-6-7(10)3-5(4-8(6)11)9(12,13)14;2*1-2/h3-4H,2H2,1H3;2*1-2H3. The summed E-state index contributed by atoms with van der Waals surface area (Å²) < 4.78 is 36.8. The van der Waals surface area contributed by atoms with E-state index in [4.69, 9.17) is 23.2 Å². The molecule has 1 rings (SSSR count). The lowest BCUT2D eigenvalue weighted by atomic mass is 10.1. The van der Waals surface area contributed by atoms with Gasteiger partial charge in [-0.05, 0) is 24.1 Å². The summed E-state index contributed by atoms with van der Waals surface area (Å²) >= 11 is 11.3. The largest absolute Gasteiger partial charge is 0.416 e. The van der Waals surface area contributed by atoms with E-state index in [-0.39, 0.29) is 10.0 Å². The van der Waals surface area contributed by atoms with Crippen molar-refractivity contribution in [1.29, 1.82) is 0 Å². The molecular weight excluding hydrogens is 284 g/mol. The van der Waals surface area contributed by atoms with Gasteiger partial charge >= 0.3 is 6.18 Å². The Kier molecular flexibility index (Phi) is 10.5. The Morgan fingerprint density at radius 2 is 1.28 bits per heavy atom. The van der Waals surface area contributed by atoms with Crippen molar-refractivity contribution in [2.45, 2.75) is 47.2 Å². The van der Waals surface area contributed by atoms with E-state index in [1.807, 2.05) is 27.7 Å². The van der Waals surface area contributed by atoms with Crippen LogP contribution in [0.15, 0.2) is 12.1 Å². The van der Waals surface area contributed by atoms with Crippen LogP contribution >= 0.6 is 23.2 Å². The highest BCUT2D eigenvalue weighted by Gasteiger charge is 2.31. The lowest BCUT2D eigenvalue weighted by molar-refractivity contribution is -0.137. The quantitative estimate of drug-likeness (QED) is 0.546. The molecule has 0 N–H and O–H groups in total. The molecule has 0 bridgehead atoms. The maximum absolute atomic E-state index is 12.3. The molecule has 0 radical (unpaired) electrons. The molecule has 0 fully saturated rings. The molecular formula is C13H19Cl2F3. The molecule has 5 heteroatoms. The van der Waals surface area contributed by atoms with Gasteiger partial charge in [0.15, 0.2) is 0 Å². The van der Waals surface area contributed by atoms with E-state index in [0.29, 0.717) is 12.0 Å². The van der Waals surface area contributed by atoms with E-state index < -0.39 is 11.7 Å². The van der Waals surface area contributed by atoms with Gasteiger partial charge in [-0.2, -0.15) is 13.2 Å². The van der Waals surface area contributed by atoms with Crippen LogP contribution in [0, 0.1) is 0 Å². The minimum atomic E-state index is -4.40. The monoisotopic (exact) mass is 302 g/mol. The summed E-state index contributed by atoms with van der Waals surface area (Å²) in [5.41, 5.74) is -0.272. The van der Waals surface area contributed by atoms with Gasteiger partial charge in [-0.25, -0.2) is 0 Å². The zero-order chi connectivity index (χ0) is 14.9. The molecule has 18 heavy (non-hydrogen) atoms. The van der Waals surface area contributed by atoms with Crippen molar-refractivity contribution in [1.82, 2.24) is 0 Å². The summed E-state index contributed by atoms with van der Waals surface area (Å²) in [6.07, 6.45) is -3.89. The number of alkyl halides is 3. The molecule has 0 aliphatic rings. The molecule has 106 valence electrons. The predicted molar refractivity (Wildman–Crippen MR) is 73.5 cm³/mol. The molecule has 0 saturated carbocycles. The summed E-state index contributed by atoms with van der Waals surface area (Å²) in [5, 5.41) is 0.125. The van der Waals surface area contributed by atoms with Gasteiger partial charge in [-0.1, -0.05) is 57.8 Å². The maximum atomic E-state index is 12.3. The van der Waals surface area contributed by atoms with Crippen LogP contribution in [-0.2, 0) is 12.6 Å². The Bertz CT molecular complexity index is 324. The number of benzene rings is 1. The highest BCUT2D eigenvalue weighted by molar-refractivity contribution is 6.36. The number of hydrogen-bond donors (Lipinski definition) is 0. The summed E-state index contributed by atoms with van der Waals surface area (Å²) in [7, 11) is 0. The van der Waals surface area contributed by atoms with Crippen LogP contribution in [0.5, 0.6) is 0 Å². The topological polar surface area (TPSA) is 0 Å². The normalized spacial score (nSPS) is 9.89. The minimum Gasteiger partial charge on any atom is -0.166 e. The fraction of sp³-hybridized carbons (Fsp3) is 0.538. The molecule has 0 atom stereocenters. The third-order valence-electron chi connectivity index (χ3n) is 1.82. The third-order valence-corrected chi connectivity index (χ3v) is 2.50. The second kappa shape index (κ2) is 9.51. The van der Waals surface area contributed by atoms with Crippen molar-refractivity contribution in [3.63, 3.8) is 0 Å². The molecule has 0 saturated heterocycles. The Balaban J connectivity index is 0. The maximum Gasteiger partial charge on any atom is 0.416 e. The smallest absolute Gasteiger partial charge is 0.166 e. The first-order valence-corrected chi connectivity index (χ1v) is 6.67. The van der Waals surface area contributed by atoms with Crippen LogP contribution in [0.25, 0.3) is 0 Å². The molecule has 0 amide bonds. The van der Waals surface area contributed by atoms with Crippen molar-refractivity contribution < 1.29 is 13.2 Å². The van der Waals surface area contributed by atoms with Gasteiger partial charge in [0.05, 0.1) is 5.56 Å². The summed E-state index contributed by atoms with van der Waals surface area (Å²) in [6, 6.07) is 1.79. The van der Waals surface area contributed by atoms with Crippen LogP contribution in [-0.4, -0.2) is 0 Å². The molecule has 0 spiro atoms. The molecule has 1 aromatic rings. The average molecular weight is 303 g/mol. The average Bonchev–Trinajstić information content (AvgIpc) is 2.32. The zero-order valence-corrected chi connectivity index (χ0v) is 12.8. The highest BCUT2D eigenvalue weighted by atomic mass is 35.5. The molecule has 0 nitrogen and oxygen atoms in total. The van der Waals surface area contributed by atoms with Crippen molar-refractivity contribution in [3.8, 4) is 0 Å². The van der Waals surface area contributed by atoms with Crippen LogP contribution in [0.3, 0.4) is 0 Å². The van der Waals surface area contributed by atoms with Gasteiger partial charge in [0.25, 0.3) is 0 Å². The van der Waals surface area contributed by atoms with E-state index in [1.165, 1.54) is 0 Å². The molecule has 0 heterocycles. The first-order valence-electron chi connectivity index (χ1n) is 5.91. The van der Waals surface area contributed by atoms with Gasteiger partial charge in [0, 0.05) is 10.0 Å². The number of rotatable bonds is 1. The lowest BCUT2D eigenvalue weighted by Crippen LogP contribution is -2.05. The number of halogens is 5. The van der Waals surface area contributed by atoms with Crippen molar-refractivity contribution in [3.05, 3.63) is 33.3 Å². The van der Waals surface area contributed by atoms with Crippen molar-refractivity contribution in [2.75, 3.05) is 0 Å². The molecule has 0 unspecified atom stereocenters.